The number of imidazole rings is 1. The molecular weight excluding hydrogens is 423 g/mol. The number of hydrogen-bond donors (Lipinski definition) is 4. The van der Waals surface area contributed by atoms with E-state index < -0.39 is 5.82 Å². The number of nitrogens with zero attached hydrogens (tertiary/aromatic N) is 5. The van der Waals surface area contributed by atoms with Crippen LogP contribution in [0.1, 0.15) is 17.2 Å². The van der Waals surface area contributed by atoms with Gasteiger partial charge in [0.15, 0.2) is 11.5 Å². The van der Waals surface area contributed by atoms with Gasteiger partial charge >= 0.3 is 0 Å². The van der Waals surface area contributed by atoms with E-state index >= 15 is 0 Å². The number of anilines is 1. The number of pyridine rings is 1. The third-order valence-electron chi connectivity index (χ3n) is 4.49. The van der Waals surface area contributed by atoms with Crippen LogP contribution in [-0.2, 0) is 13.0 Å². The van der Waals surface area contributed by atoms with Gasteiger partial charge in [0.05, 0.1) is 22.8 Å². The molecule has 0 amide bonds. The smallest absolute Gasteiger partial charge is 0.178 e. The molecule has 1 aromatic carbocycles. The summed E-state index contributed by atoms with van der Waals surface area (Å²) < 4.78 is 13.4. The second-order valence-corrected chi connectivity index (χ2v) is 7.00. The molecule has 0 aliphatic rings. The molecule has 0 aliphatic carbocycles. The van der Waals surface area contributed by atoms with E-state index in [0.29, 0.717) is 47.1 Å². The van der Waals surface area contributed by atoms with Crippen LogP contribution in [0, 0.1) is 11.2 Å². The minimum atomic E-state index is -0.610. The minimum Gasteiger partial charge on any atom is -0.339 e. The van der Waals surface area contributed by atoms with Crippen LogP contribution in [0.5, 0.6) is 0 Å². The van der Waals surface area contributed by atoms with Gasteiger partial charge in [-0.1, -0.05) is 11.6 Å². The van der Waals surface area contributed by atoms with Crippen LogP contribution >= 0.6 is 11.6 Å². The maximum Gasteiger partial charge on any atom is 0.178 e. The summed E-state index contributed by atoms with van der Waals surface area (Å²) in [6.07, 6.45) is 5.58. The molecule has 31 heavy (non-hydrogen) atoms. The summed E-state index contributed by atoms with van der Waals surface area (Å²) in [4.78, 5) is 20.1. The van der Waals surface area contributed by atoms with Crippen LogP contribution in [-0.4, -0.2) is 42.5 Å². The third kappa shape index (κ3) is 4.66. The zero-order valence-corrected chi connectivity index (χ0v) is 16.9. The molecule has 4 rings (SSSR count). The van der Waals surface area contributed by atoms with Gasteiger partial charge < -0.3 is 10.3 Å². The van der Waals surface area contributed by atoms with Crippen molar-refractivity contribution in [2.75, 3.05) is 11.6 Å². The van der Waals surface area contributed by atoms with Crippen LogP contribution in [0.4, 0.5) is 10.1 Å². The van der Waals surface area contributed by atoms with E-state index in [4.69, 9.17) is 17.0 Å². The van der Waals surface area contributed by atoms with Gasteiger partial charge in [-0.2, -0.15) is 0 Å². The number of hydrogen-bond acceptors (Lipinski definition) is 7. The fourth-order valence-corrected chi connectivity index (χ4v) is 3.14. The Kier molecular flexibility index (Phi) is 6.12. The molecule has 0 unspecified atom stereocenters. The Morgan fingerprint density at radius 1 is 1.19 bits per heavy atom. The van der Waals surface area contributed by atoms with Gasteiger partial charge in [0, 0.05) is 37.1 Å². The number of halogens is 2. The monoisotopic (exact) mass is 440 g/mol. The fourth-order valence-electron chi connectivity index (χ4n) is 2.97. The maximum atomic E-state index is 13.4. The van der Waals surface area contributed by atoms with E-state index in [1.807, 2.05) is 0 Å². The Balaban J connectivity index is 1.47. The van der Waals surface area contributed by atoms with Gasteiger partial charge in [0.25, 0.3) is 0 Å². The van der Waals surface area contributed by atoms with E-state index in [1.54, 1.807) is 24.5 Å². The summed E-state index contributed by atoms with van der Waals surface area (Å²) in [5.41, 5.74) is 1.45. The maximum absolute atomic E-state index is 13.4. The quantitative estimate of drug-likeness (QED) is 0.150. The molecule has 0 saturated carbocycles. The zero-order valence-electron chi connectivity index (χ0n) is 16.2. The molecule has 3 aromatic heterocycles. The lowest BCUT2D eigenvalue weighted by Gasteiger charge is -2.18. The lowest BCUT2D eigenvalue weighted by Crippen LogP contribution is -2.27. The summed E-state index contributed by atoms with van der Waals surface area (Å²) in [7, 11) is 0. The van der Waals surface area contributed by atoms with E-state index in [-0.39, 0.29) is 16.5 Å². The topological polar surface area (TPSA) is 127 Å². The predicted molar refractivity (Wildman–Crippen MR) is 114 cm³/mol. The van der Waals surface area contributed by atoms with Crippen molar-refractivity contribution in [3.05, 3.63) is 77.0 Å². The molecule has 3 heterocycles. The van der Waals surface area contributed by atoms with Crippen LogP contribution in [0.2, 0.25) is 5.02 Å². The Morgan fingerprint density at radius 3 is 2.77 bits per heavy atom. The van der Waals surface area contributed by atoms with Gasteiger partial charge in [0.2, 0.25) is 0 Å². The minimum absolute atomic E-state index is 0.153. The third-order valence-corrected chi connectivity index (χ3v) is 4.78. The lowest BCUT2D eigenvalue weighted by atomic mass is 10.2. The first kappa shape index (κ1) is 20.8. The Hall–Kier alpha value is -3.47. The largest absolute Gasteiger partial charge is 0.339 e. The SMILES string of the molecule is N=C(c1ccnc2nc(CNCCc3ncccn3)[nH]c12)N(O)c1ccc(F)c(Cl)c1. The van der Waals surface area contributed by atoms with Crippen LogP contribution in [0.25, 0.3) is 11.2 Å². The number of H-pyrrole nitrogens is 1. The van der Waals surface area contributed by atoms with Crippen molar-refractivity contribution in [1.82, 2.24) is 30.2 Å². The van der Waals surface area contributed by atoms with Crippen LogP contribution in [0.15, 0.2) is 48.9 Å². The highest BCUT2D eigenvalue weighted by molar-refractivity contribution is 6.31. The van der Waals surface area contributed by atoms with Crippen molar-refractivity contribution in [2.45, 2.75) is 13.0 Å². The molecule has 0 aliphatic heterocycles. The number of hydroxylamine groups is 1. The first-order chi connectivity index (χ1) is 15.0. The first-order valence-corrected chi connectivity index (χ1v) is 9.74. The molecule has 4 aromatic rings. The van der Waals surface area contributed by atoms with Crippen molar-refractivity contribution in [3.63, 3.8) is 0 Å². The van der Waals surface area contributed by atoms with Gasteiger partial charge in [-0.3, -0.25) is 10.6 Å². The standard InChI is InChI=1S/C20H18ClFN8O/c21-14-10-12(2-3-15(14)22)30(31)19(23)13-4-9-27-20-18(13)28-17(29-20)11-24-8-5-16-25-6-1-7-26-16/h1-4,6-7,9-10,23-24,31H,5,8,11H2,(H,27,28,29). The molecule has 0 fully saturated rings. The second-order valence-electron chi connectivity index (χ2n) is 6.59. The molecule has 0 radical (unpaired) electrons. The summed E-state index contributed by atoms with van der Waals surface area (Å²) in [6, 6.07) is 7.04. The van der Waals surface area contributed by atoms with E-state index in [1.165, 1.54) is 18.3 Å². The van der Waals surface area contributed by atoms with Crippen LogP contribution < -0.4 is 10.4 Å². The van der Waals surface area contributed by atoms with Crippen molar-refractivity contribution in [1.29, 1.82) is 5.41 Å². The normalized spacial score (nSPS) is 11.1. The summed E-state index contributed by atoms with van der Waals surface area (Å²) in [6.45, 7) is 1.11. The molecule has 4 N–H and O–H groups in total. The highest BCUT2D eigenvalue weighted by atomic mass is 35.5. The summed E-state index contributed by atoms with van der Waals surface area (Å²) in [5, 5.41) is 22.6. The highest BCUT2D eigenvalue weighted by Gasteiger charge is 2.18. The van der Waals surface area contributed by atoms with Crippen molar-refractivity contribution >= 4 is 34.3 Å². The Labute approximate surface area is 181 Å². The fraction of sp³-hybridized carbons (Fsp3) is 0.150. The van der Waals surface area contributed by atoms with E-state index in [0.717, 1.165) is 11.9 Å². The molecule has 9 nitrogen and oxygen atoms in total. The van der Waals surface area contributed by atoms with Crippen LogP contribution in [0.3, 0.4) is 0 Å². The Morgan fingerprint density at radius 2 is 2.00 bits per heavy atom. The van der Waals surface area contributed by atoms with Gasteiger partial charge in [-0.15, -0.1) is 0 Å². The molecule has 158 valence electrons. The zero-order chi connectivity index (χ0) is 21.8. The van der Waals surface area contributed by atoms with E-state index in [2.05, 4.69) is 30.2 Å². The Bertz CT molecular complexity index is 1220. The second kappa shape index (κ2) is 9.13. The molecule has 0 bridgehead atoms. The predicted octanol–water partition coefficient (Wildman–Crippen LogP) is 3.09. The summed E-state index contributed by atoms with van der Waals surface area (Å²) in [5.74, 6) is 0.535. The molecule has 0 spiro atoms. The highest BCUT2D eigenvalue weighted by Crippen LogP contribution is 2.24. The van der Waals surface area contributed by atoms with E-state index in [9.17, 15) is 9.60 Å². The molecular formula is C20H18ClFN8O. The lowest BCUT2D eigenvalue weighted by molar-refractivity contribution is 0.312. The van der Waals surface area contributed by atoms with Crippen molar-refractivity contribution < 1.29 is 9.60 Å². The van der Waals surface area contributed by atoms with Gasteiger partial charge in [0.1, 0.15) is 17.5 Å². The van der Waals surface area contributed by atoms with Gasteiger partial charge in [-0.05, 0) is 30.3 Å². The number of fused-ring (bicyclic) bond motifs is 1. The number of nitrogens with one attached hydrogen (secondary N) is 3. The molecule has 0 saturated heterocycles. The summed E-state index contributed by atoms with van der Waals surface area (Å²) >= 11 is 5.78. The molecule has 11 heteroatoms. The number of rotatable bonds is 7. The number of aromatic nitrogens is 5. The van der Waals surface area contributed by atoms with Crippen molar-refractivity contribution in [3.8, 4) is 0 Å². The average molecular weight is 441 g/mol. The van der Waals surface area contributed by atoms with Gasteiger partial charge in [-0.25, -0.2) is 29.4 Å². The number of benzene rings is 1. The number of aromatic amines is 1. The first-order valence-electron chi connectivity index (χ1n) is 9.36. The van der Waals surface area contributed by atoms with Crippen molar-refractivity contribution in [2.24, 2.45) is 0 Å². The number of amidine groups is 1. The average Bonchev–Trinajstić information content (AvgIpc) is 3.21. The molecule has 0 atom stereocenters.